The average Bonchev–Trinajstić information content (AvgIpc) is 3.00. The number of carbonyl (C=O) groups is 1. The van der Waals surface area contributed by atoms with E-state index in [-0.39, 0.29) is 12.0 Å². The molecular weight excluding hydrogens is 549 g/mol. The molecule has 0 saturated carbocycles. The molecule has 218 valence electrons. The van der Waals surface area contributed by atoms with E-state index in [9.17, 15) is 18.0 Å². The van der Waals surface area contributed by atoms with Gasteiger partial charge in [-0.2, -0.15) is 13.2 Å². The minimum atomic E-state index is -4.45. The lowest BCUT2D eigenvalue weighted by Crippen LogP contribution is -2.41. The number of fused-ring (bicyclic) bond motifs is 1. The first-order valence-corrected chi connectivity index (χ1v) is 13.2. The number of nitrogens with zero attached hydrogens (tertiary/aromatic N) is 3. The van der Waals surface area contributed by atoms with E-state index in [2.05, 4.69) is 21.9 Å². The number of amides is 1. The summed E-state index contributed by atoms with van der Waals surface area (Å²) in [4.78, 5) is 22.5. The minimum Gasteiger partial charge on any atom is -0.495 e. The van der Waals surface area contributed by atoms with Crippen molar-refractivity contribution < 1.29 is 32.2 Å². The van der Waals surface area contributed by atoms with Gasteiger partial charge in [0.2, 0.25) is 5.91 Å². The molecule has 11 heteroatoms. The lowest BCUT2D eigenvalue weighted by Gasteiger charge is -2.31. The van der Waals surface area contributed by atoms with Gasteiger partial charge in [0.1, 0.15) is 24.0 Å². The lowest BCUT2D eigenvalue weighted by molar-refractivity contribution is -0.137. The number of hydrogen-bond acceptors (Lipinski definition) is 7. The first kappa shape index (κ1) is 28.7. The molecule has 1 aliphatic heterocycles. The van der Waals surface area contributed by atoms with Gasteiger partial charge >= 0.3 is 6.18 Å². The van der Waals surface area contributed by atoms with E-state index >= 15 is 0 Å². The smallest absolute Gasteiger partial charge is 0.416 e. The summed E-state index contributed by atoms with van der Waals surface area (Å²) in [5, 5.41) is 3.90. The summed E-state index contributed by atoms with van der Waals surface area (Å²) >= 11 is 0. The standard InChI is InChI=1S/C31H29F3N4O4/c1-4-29(39)38-12-10-22(11-13-38)42-28-16-23-24(17-27(28)41-3)35-18-36-30(23)37-25-15-20(8-9-26(25)40-2)19-6-5-7-21(14-19)31(32,33)34/h4-9,14-18,22H,1,10-13H2,2-3H3,(H,35,36,37). The Balaban J connectivity index is 1.46. The number of piperidine rings is 1. The number of rotatable bonds is 8. The van der Waals surface area contributed by atoms with Gasteiger partial charge in [0.05, 0.1) is 31.0 Å². The first-order chi connectivity index (χ1) is 20.2. The van der Waals surface area contributed by atoms with E-state index in [0.29, 0.717) is 76.7 Å². The summed E-state index contributed by atoms with van der Waals surface area (Å²) in [5.41, 5.74) is 1.34. The second-order valence-corrected chi connectivity index (χ2v) is 9.71. The third-order valence-electron chi connectivity index (χ3n) is 7.12. The van der Waals surface area contributed by atoms with Crippen LogP contribution in [0.2, 0.25) is 0 Å². The fraction of sp³-hybridized carbons (Fsp3) is 0.258. The van der Waals surface area contributed by atoms with E-state index in [1.54, 1.807) is 48.4 Å². The molecule has 1 saturated heterocycles. The van der Waals surface area contributed by atoms with Gasteiger partial charge in [-0.05, 0) is 47.5 Å². The van der Waals surface area contributed by atoms with Gasteiger partial charge in [-0.15, -0.1) is 0 Å². The second kappa shape index (κ2) is 12.0. The summed E-state index contributed by atoms with van der Waals surface area (Å²) in [6.07, 6.45) is -0.569. The highest BCUT2D eigenvalue weighted by Crippen LogP contribution is 2.39. The number of likely N-dealkylation sites (tertiary alicyclic amines) is 1. The van der Waals surface area contributed by atoms with Crippen molar-refractivity contribution in [2.24, 2.45) is 0 Å². The quantitative estimate of drug-likeness (QED) is 0.235. The molecule has 1 aliphatic rings. The van der Waals surface area contributed by atoms with Gasteiger partial charge in [0, 0.05) is 37.4 Å². The van der Waals surface area contributed by atoms with Crippen LogP contribution in [0.1, 0.15) is 18.4 Å². The van der Waals surface area contributed by atoms with Gasteiger partial charge in [0.15, 0.2) is 11.5 Å². The normalized spacial score (nSPS) is 14.0. The fourth-order valence-corrected chi connectivity index (χ4v) is 4.91. The molecule has 3 aromatic carbocycles. The summed E-state index contributed by atoms with van der Waals surface area (Å²) in [6, 6.07) is 13.8. The molecule has 0 aliphatic carbocycles. The van der Waals surface area contributed by atoms with Gasteiger partial charge < -0.3 is 24.4 Å². The third kappa shape index (κ3) is 6.09. The number of carbonyl (C=O) groups excluding carboxylic acids is 1. The van der Waals surface area contributed by atoms with Crippen LogP contribution in [0.25, 0.3) is 22.0 Å². The van der Waals surface area contributed by atoms with E-state index in [0.717, 1.165) is 12.1 Å². The van der Waals surface area contributed by atoms with Crippen molar-refractivity contribution in [3.05, 3.63) is 79.1 Å². The lowest BCUT2D eigenvalue weighted by atomic mass is 10.0. The van der Waals surface area contributed by atoms with Crippen LogP contribution in [0.5, 0.6) is 17.2 Å². The predicted octanol–water partition coefficient (Wildman–Crippen LogP) is 6.63. The molecular formula is C31H29F3N4O4. The maximum absolute atomic E-state index is 13.3. The van der Waals surface area contributed by atoms with Crippen LogP contribution in [0.4, 0.5) is 24.7 Å². The first-order valence-electron chi connectivity index (χ1n) is 13.2. The van der Waals surface area contributed by atoms with Gasteiger partial charge in [-0.1, -0.05) is 24.8 Å². The molecule has 5 rings (SSSR count). The number of ether oxygens (including phenoxy) is 3. The number of benzene rings is 3. The van der Waals surface area contributed by atoms with Crippen molar-refractivity contribution >= 4 is 28.3 Å². The number of alkyl halides is 3. The molecule has 2 heterocycles. The number of nitrogens with one attached hydrogen (secondary N) is 1. The fourth-order valence-electron chi connectivity index (χ4n) is 4.91. The van der Waals surface area contributed by atoms with Crippen molar-refractivity contribution in [1.82, 2.24) is 14.9 Å². The van der Waals surface area contributed by atoms with Crippen molar-refractivity contribution in [1.29, 1.82) is 0 Å². The van der Waals surface area contributed by atoms with E-state index < -0.39 is 11.7 Å². The van der Waals surface area contributed by atoms with Crippen LogP contribution >= 0.6 is 0 Å². The van der Waals surface area contributed by atoms with E-state index in [4.69, 9.17) is 14.2 Å². The highest BCUT2D eigenvalue weighted by molar-refractivity contribution is 5.94. The predicted molar refractivity (Wildman–Crippen MR) is 153 cm³/mol. The average molecular weight is 579 g/mol. The highest BCUT2D eigenvalue weighted by Gasteiger charge is 2.30. The van der Waals surface area contributed by atoms with Crippen molar-refractivity contribution in [2.45, 2.75) is 25.1 Å². The van der Waals surface area contributed by atoms with Gasteiger partial charge in [-0.3, -0.25) is 4.79 Å². The highest BCUT2D eigenvalue weighted by atomic mass is 19.4. The van der Waals surface area contributed by atoms with Crippen LogP contribution in [-0.4, -0.2) is 54.2 Å². The zero-order valence-electron chi connectivity index (χ0n) is 23.1. The number of hydrogen-bond donors (Lipinski definition) is 1. The Labute approximate surface area is 240 Å². The van der Waals surface area contributed by atoms with Crippen molar-refractivity contribution in [3.63, 3.8) is 0 Å². The molecule has 0 spiro atoms. The Bertz CT molecular complexity index is 1620. The molecule has 0 unspecified atom stereocenters. The molecule has 1 amide bonds. The maximum Gasteiger partial charge on any atom is 0.416 e. The molecule has 4 aromatic rings. The Kier molecular flexibility index (Phi) is 8.19. The number of aromatic nitrogens is 2. The maximum atomic E-state index is 13.3. The zero-order chi connectivity index (χ0) is 29.9. The Hall–Kier alpha value is -4.80. The molecule has 1 fully saturated rings. The van der Waals surface area contributed by atoms with E-state index in [1.165, 1.54) is 25.6 Å². The molecule has 8 nitrogen and oxygen atoms in total. The Morgan fingerprint density at radius 2 is 1.71 bits per heavy atom. The molecule has 0 bridgehead atoms. The molecule has 0 radical (unpaired) electrons. The van der Waals surface area contributed by atoms with Crippen molar-refractivity contribution in [3.8, 4) is 28.4 Å². The summed E-state index contributed by atoms with van der Waals surface area (Å²) in [5.74, 6) is 1.82. The van der Waals surface area contributed by atoms with Crippen LogP contribution in [0, 0.1) is 0 Å². The topological polar surface area (TPSA) is 85.8 Å². The van der Waals surface area contributed by atoms with E-state index in [1.807, 2.05) is 0 Å². The summed E-state index contributed by atoms with van der Waals surface area (Å²) < 4.78 is 57.4. The molecule has 1 N–H and O–H groups in total. The Morgan fingerprint density at radius 3 is 2.40 bits per heavy atom. The van der Waals surface area contributed by atoms with Crippen LogP contribution in [-0.2, 0) is 11.0 Å². The SMILES string of the molecule is C=CC(=O)N1CCC(Oc2cc3c(Nc4cc(-c5cccc(C(F)(F)F)c5)ccc4OC)ncnc3cc2OC)CC1. The van der Waals surface area contributed by atoms with Crippen LogP contribution in [0.3, 0.4) is 0 Å². The van der Waals surface area contributed by atoms with Crippen LogP contribution < -0.4 is 19.5 Å². The van der Waals surface area contributed by atoms with Crippen LogP contribution in [0.15, 0.2) is 73.6 Å². The third-order valence-corrected chi connectivity index (χ3v) is 7.12. The summed E-state index contributed by atoms with van der Waals surface area (Å²) in [6.45, 7) is 4.67. The summed E-state index contributed by atoms with van der Waals surface area (Å²) in [7, 11) is 3.05. The molecule has 42 heavy (non-hydrogen) atoms. The molecule has 0 atom stereocenters. The monoisotopic (exact) mass is 578 g/mol. The number of methoxy groups -OCH3 is 2. The second-order valence-electron chi connectivity index (χ2n) is 9.71. The minimum absolute atomic E-state index is 0.0999. The van der Waals surface area contributed by atoms with Crippen molar-refractivity contribution in [2.75, 3.05) is 32.6 Å². The van der Waals surface area contributed by atoms with Gasteiger partial charge in [-0.25, -0.2) is 9.97 Å². The zero-order valence-corrected chi connectivity index (χ0v) is 23.1. The Morgan fingerprint density at radius 1 is 0.976 bits per heavy atom. The molecule has 1 aromatic heterocycles. The van der Waals surface area contributed by atoms with Gasteiger partial charge in [0.25, 0.3) is 0 Å². The largest absolute Gasteiger partial charge is 0.495 e. The number of anilines is 2. The number of halogens is 3.